The summed E-state index contributed by atoms with van der Waals surface area (Å²) in [7, 11) is 0. The van der Waals surface area contributed by atoms with Crippen LogP contribution in [0.15, 0.2) is 11.6 Å². The Kier molecular flexibility index (Phi) is 6.20. The average molecular weight is 215 g/mol. The van der Waals surface area contributed by atoms with Gasteiger partial charge in [-0.1, -0.05) is 19.9 Å². The van der Waals surface area contributed by atoms with E-state index in [0.717, 1.165) is 0 Å². The lowest BCUT2D eigenvalue weighted by atomic mass is 10.0. The van der Waals surface area contributed by atoms with Crippen molar-refractivity contribution >= 4 is 5.97 Å². The number of aliphatic carboxylic acids is 1. The first-order valence-corrected chi connectivity index (χ1v) is 5.28. The van der Waals surface area contributed by atoms with Crippen LogP contribution in [0, 0.1) is 0 Å². The summed E-state index contributed by atoms with van der Waals surface area (Å²) in [4.78, 5) is 10.6. The van der Waals surface area contributed by atoms with E-state index < -0.39 is 11.6 Å². The van der Waals surface area contributed by atoms with Crippen LogP contribution in [0.2, 0.25) is 0 Å². The van der Waals surface area contributed by atoms with Gasteiger partial charge in [0.1, 0.15) is 0 Å². The Balaban J connectivity index is 3.92. The Morgan fingerprint density at radius 1 is 1.47 bits per heavy atom. The molecule has 0 aliphatic heterocycles. The molecule has 0 aromatic rings. The second kappa shape index (κ2) is 6.58. The molecule has 0 aromatic heterocycles. The van der Waals surface area contributed by atoms with E-state index >= 15 is 0 Å². The number of carbonyl (C=O) groups is 1. The van der Waals surface area contributed by atoms with Gasteiger partial charge in [0.25, 0.3) is 0 Å². The quantitative estimate of drug-likeness (QED) is 0.440. The van der Waals surface area contributed by atoms with E-state index in [4.69, 9.17) is 5.11 Å². The maximum atomic E-state index is 10.6. The van der Waals surface area contributed by atoms with Crippen molar-refractivity contribution in [1.29, 1.82) is 0 Å². The van der Waals surface area contributed by atoms with E-state index in [1.165, 1.54) is 0 Å². The molecule has 0 saturated heterocycles. The largest absolute Gasteiger partial charge is 0.478 e. The Morgan fingerprint density at radius 3 is 2.47 bits per heavy atom. The van der Waals surface area contributed by atoms with Crippen molar-refractivity contribution in [2.45, 2.75) is 39.2 Å². The van der Waals surface area contributed by atoms with Crippen LogP contribution >= 0.6 is 0 Å². The lowest BCUT2D eigenvalue weighted by molar-refractivity contribution is -0.132. The lowest BCUT2D eigenvalue weighted by Crippen LogP contribution is -2.37. The SMILES string of the molecule is CCC(=CCNCC(C)(O)CC)C(=O)O. The van der Waals surface area contributed by atoms with Gasteiger partial charge in [0.2, 0.25) is 0 Å². The maximum Gasteiger partial charge on any atom is 0.331 e. The van der Waals surface area contributed by atoms with Crippen LogP contribution in [0.1, 0.15) is 33.6 Å². The summed E-state index contributed by atoms with van der Waals surface area (Å²) in [6.45, 7) is 6.41. The van der Waals surface area contributed by atoms with Crippen molar-refractivity contribution in [2.75, 3.05) is 13.1 Å². The van der Waals surface area contributed by atoms with Gasteiger partial charge in [-0.25, -0.2) is 4.79 Å². The third kappa shape index (κ3) is 6.25. The Bertz CT molecular complexity index is 234. The highest BCUT2D eigenvalue weighted by Crippen LogP contribution is 2.05. The molecule has 0 saturated carbocycles. The van der Waals surface area contributed by atoms with Crippen LogP contribution < -0.4 is 5.32 Å². The molecule has 0 aliphatic carbocycles. The summed E-state index contributed by atoms with van der Waals surface area (Å²) in [5, 5.41) is 21.4. The van der Waals surface area contributed by atoms with E-state index in [-0.39, 0.29) is 0 Å². The maximum absolute atomic E-state index is 10.6. The monoisotopic (exact) mass is 215 g/mol. The zero-order valence-electron chi connectivity index (χ0n) is 9.71. The second-order valence-corrected chi connectivity index (χ2v) is 3.87. The van der Waals surface area contributed by atoms with Gasteiger partial charge < -0.3 is 15.5 Å². The zero-order chi connectivity index (χ0) is 11.9. The lowest BCUT2D eigenvalue weighted by Gasteiger charge is -2.21. The summed E-state index contributed by atoms with van der Waals surface area (Å²) < 4.78 is 0. The molecule has 0 heterocycles. The smallest absolute Gasteiger partial charge is 0.331 e. The fourth-order valence-electron chi connectivity index (χ4n) is 1.04. The first-order valence-electron chi connectivity index (χ1n) is 5.28. The fraction of sp³-hybridized carbons (Fsp3) is 0.727. The van der Waals surface area contributed by atoms with Crippen LogP contribution in [0.25, 0.3) is 0 Å². The van der Waals surface area contributed by atoms with Gasteiger partial charge in [0, 0.05) is 18.7 Å². The predicted molar refractivity (Wildman–Crippen MR) is 59.8 cm³/mol. The van der Waals surface area contributed by atoms with E-state index in [1.807, 2.05) is 13.8 Å². The molecule has 0 bridgehead atoms. The summed E-state index contributed by atoms with van der Waals surface area (Å²) in [5.41, 5.74) is -0.317. The Morgan fingerprint density at radius 2 is 2.07 bits per heavy atom. The van der Waals surface area contributed by atoms with Crippen molar-refractivity contribution in [2.24, 2.45) is 0 Å². The van der Waals surface area contributed by atoms with E-state index in [9.17, 15) is 9.90 Å². The topological polar surface area (TPSA) is 69.6 Å². The van der Waals surface area contributed by atoms with Crippen LogP contribution in [-0.2, 0) is 4.79 Å². The highest BCUT2D eigenvalue weighted by molar-refractivity contribution is 5.86. The van der Waals surface area contributed by atoms with Crippen molar-refractivity contribution in [3.05, 3.63) is 11.6 Å². The normalized spacial score (nSPS) is 16.1. The van der Waals surface area contributed by atoms with Gasteiger partial charge in [-0.3, -0.25) is 0 Å². The highest BCUT2D eigenvalue weighted by atomic mass is 16.4. The number of rotatable bonds is 7. The van der Waals surface area contributed by atoms with Crippen molar-refractivity contribution in [1.82, 2.24) is 5.32 Å². The van der Waals surface area contributed by atoms with Gasteiger partial charge in [-0.15, -0.1) is 0 Å². The molecule has 0 aliphatic rings. The van der Waals surface area contributed by atoms with Gasteiger partial charge in [0.05, 0.1) is 5.60 Å². The number of carboxylic acids is 1. The number of hydrogen-bond donors (Lipinski definition) is 3. The number of aliphatic hydroxyl groups is 1. The Labute approximate surface area is 91.0 Å². The predicted octanol–water partition coefficient (Wildman–Crippen LogP) is 1.16. The van der Waals surface area contributed by atoms with Crippen LogP contribution in [0.5, 0.6) is 0 Å². The molecular weight excluding hydrogens is 194 g/mol. The van der Waals surface area contributed by atoms with Gasteiger partial charge >= 0.3 is 5.97 Å². The molecule has 0 radical (unpaired) electrons. The molecular formula is C11H21NO3. The summed E-state index contributed by atoms with van der Waals surface area (Å²) in [6, 6.07) is 0. The standard InChI is InChI=1S/C11H21NO3/c1-4-9(10(13)14)6-7-12-8-11(3,15)5-2/h6,12,15H,4-5,7-8H2,1-3H3,(H,13,14). The summed E-state index contributed by atoms with van der Waals surface area (Å²) >= 11 is 0. The van der Waals surface area contributed by atoms with E-state index in [2.05, 4.69) is 5.32 Å². The van der Waals surface area contributed by atoms with Crippen molar-refractivity contribution < 1.29 is 15.0 Å². The molecule has 1 unspecified atom stereocenters. The minimum Gasteiger partial charge on any atom is -0.478 e. The highest BCUT2D eigenvalue weighted by Gasteiger charge is 2.15. The van der Waals surface area contributed by atoms with Gasteiger partial charge in [-0.2, -0.15) is 0 Å². The fourth-order valence-corrected chi connectivity index (χ4v) is 1.04. The summed E-state index contributed by atoms with van der Waals surface area (Å²) in [6.07, 6.45) is 2.83. The first-order chi connectivity index (χ1) is 6.93. The molecule has 4 nitrogen and oxygen atoms in total. The van der Waals surface area contributed by atoms with Crippen molar-refractivity contribution in [3.63, 3.8) is 0 Å². The van der Waals surface area contributed by atoms with Crippen LogP contribution in [0.4, 0.5) is 0 Å². The van der Waals surface area contributed by atoms with E-state index in [1.54, 1.807) is 13.0 Å². The molecule has 0 rings (SSSR count). The molecule has 0 aromatic carbocycles. The summed E-state index contributed by atoms with van der Waals surface area (Å²) in [5.74, 6) is -0.874. The van der Waals surface area contributed by atoms with Crippen LogP contribution in [0.3, 0.4) is 0 Å². The molecule has 0 spiro atoms. The molecule has 0 fully saturated rings. The number of carboxylic acid groups (broad SMARTS) is 1. The minimum atomic E-state index is -0.874. The molecule has 3 N–H and O–H groups in total. The Hall–Kier alpha value is -0.870. The number of hydrogen-bond acceptors (Lipinski definition) is 3. The average Bonchev–Trinajstić information content (AvgIpc) is 2.17. The van der Waals surface area contributed by atoms with E-state index in [0.29, 0.717) is 31.5 Å². The first kappa shape index (κ1) is 14.1. The molecule has 88 valence electrons. The van der Waals surface area contributed by atoms with Gasteiger partial charge in [-0.05, 0) is 19.8 Å². The minimum absolute atomic E-state index is 0.402. The third-order valence-corrected chi connectivity index (χ3v) is 2.42. The molecule has 0 amide bonds. The molecule has 4 heteroatoms. The number of nitrogens with one attached hydrogen (secondary N) is 1. The van der Waals surface area contributed by atoms with Gasteiger partial charge in [0.15, 0.2) is 0 Å². The van der Waals surface area contributed by atoms with Crippen LogP contribution in [-0.4, -0.2) is 34.9 Å². The zero-order valence-corrected chi connectivity index (χ0v) is 9.71. The third-order valence-electron chi connectivity index (χ3n) is 2.42. The second-order valence-electron chi connectivity index (χ2n) is 3.87. The molecule has 15 heavy (non-hydrogen) atoms. The molecule has 1 atom stereocenters. The van der Waals surface area contributed by atoms with Crippen molar-refractivity contribution in [3.8, 4) is 0 Å².